The highest BCUT2D eigenvalue weighted by Crippen LogP contribution is 2.11. The molecule has 0 heterocycles. The van der Waals surface area contributed by atoms with Crippen molar-refractivity contribution in [2.45, 2.75) is 5.75 Å². The van der Waals surface area contributed by atoms with Gasteiger partial charge in [0.15, 0.2) is 5.17 Å². The molecule has 3 nitrogen and oxygen atoms in total. The van der Waals surface area contributed by atoms with Crippen LogP contribution in [0.4, 0.5) is 0 Å². The fourth-order valence-electron chi connectivity index (χ4n) is 1.45. The van der Waals surface area contributed by atoms with Gasteiger partial charge in [0.1, 0.15) is 0 Å². The number of thioether (sulfide) groups is 1. The maximum atomic E-state index is 5.78. The van der Waals surface area contributed by atoms with Crippen molar-refractivity contribution in [3.05, 3.63) is 71.8 Å². The van der Waals surface area contributed by atoms with Gasteiger partial charge in [0.05, 0.1) is 6.21 Å². The zero-order valence-corrected chi connectivity index (χ0v) is 11.3. The van der Waals surface area contributed by atoms with Crippen LogP contribution in [-0.2, 0) is 5.75 Å². The first kappa shape index (κ1) is 13.4. The molecule has 2 rings (SSSR count). The van der Waals surface area contributed by atoms with Crippen LogP contribution >= 0.6 is 11.8 Å². The first-order valence-corrected chi connectivity index (χ1v) is 6.91. The van der Waals surface area contributed by atoms with Gasteiger partial charge in [-0.05, 0) is 11.1 Å². The van der Waals surface area contributed by atoms with Gasteiger partial charge in [-0.15, -0.1) is 5.10 Å². The maximum absolute atomic E-state index is 5.78. The second-order valence-corrected chi connectivity index (χ2v) is 4.86. The number of rotatable bonds is 4. The van der Waals surface area contributed by atoms with Gasteiger partial charge in [-0.1, -0.05) is 72.4 Å². The average molecular weight is 269 g/mol. The Bertz CT molecular complexity index is 550. The van der Waals surface area contributed by atoms with Gasteiger partial charge < -0.3 is 5.73 Å². The van der Waals surface area contributed by atoms with Crippen LogP contribution in [0.5, 0.6) is 0 Å². The Morgan fingerprint density at radius 2 is 1.63 bits per heavy atom. The van der Waals surface area contributed by atoms with E-state index in [1.165, 1.54) is 17.3 Å². The Morgan fingerprint density at radius 1 is 1.00 bits per heavy atom. The molecule has 0 aliphatic carbocycles. The fraction of sp³-hybridized carbons (Fsp3) is 0.0667. The SMILES string of the molecule is NC(=NN=Cc1ccccc1)SCc1ccccc1. The first-order valence-electron chi connectivity index (χ1n) is 5.93. The van der Waals surface area contributed by atoms with E-state index in [0.717, 1.165) is 11.3 Å². The average Bonchev–Trinajstić information content (AvgIpc) is 2.47. The number of hydrogen-bond acceptors (Lipinski definition) is 3. The van der Waals surface area contributed by atoms with E-state index in [0.29, 0.717) is 5.17 Å². The van der Waals surface area contributed by atoms with Crippen LogP contribution in [0.25, 0.3) is 0 Å². The van der Waals surface area contributed by atoms with E-state index in [-0.39, 0.29) is 0 Å². The summed E-state index contributed by atoms with van der Waals surface area (Å²) in [5.74, 6) is 0.803. The molecule has 0 aliphatic rings. The number of hydrogen-bond donors (Lipinski definition) is 1. The van der Waals surface area contributed by atoms with Crippen molar-refractivity contribution in [2.24, 2.45) is 15.9 Å². The van der Waals surface area contributed by atoms with E-state index in [4.69, 9.17) is 5.73 Å². The lowest BCUT2D eigenvalue weighted by molar-refractivity contribution is 1.25. The van der Waals surface area contributed by atoms with Gasteiger partial charge in [-0.2, -0.15) is 5.10 Å². The van der Waals surface area contributed by atoms with E-state index in [2.05, 4.69) is 22.3 Å². The molecular weight excluding hydrogens is 254 g/mol. The molecule has 19 heavy (non-hydrogen) atoms. The maximum Gasteiger partial charge on any atom is 0.180 e. The molecule has 2 aromatic carbocycles. The summed E-state index contributed by atoms with van der Waals surface area (Å²) in [6.07, 6.45) is 1.69. The van der Waals surface area contributed by atoms with Crippen molar-refractivity contribution in [1.29, 1.82) is 0 Å². The minimum Gasteiger partial charge on any atom is -0.377 e. The van der Waals surface area contributed by atoms with Crippen LogP contribution < -0.4 is 5.73 Å². The molecule has 0 saturated carbocycles. The molecule has 0 amide bonds. The van der Waals surface area contributed by atoms with E-state index in [1.807, 2.05) is 48.5 Å². The molecule has 0 unspecified atom stereocenters. The summed E-state index contributed by atoms with van der Waals surface area (Å²) >= 11 is 1.48. The second-order valence-electron chi connectivity index (χ2n) is 3.87. The van der Waals surface area contributed by atoms with E-state index in [1.54, 1.807) is 6.21 Å². The van der Waals surface area contributed by atoms with E-state index in [9.17, 15) is 0 Å². The van der Waals surface area contributed by atoms with Crippen LogP contribution in [-0.4, -0.2) is 11.4 Å². The molecule has 0 spiro atoms. The lowest BCUT2D eigenvalue weighted by atomic mass is 10.2. The Morgan fingerprint density at radius 3 is 2.32 bits per heavy atom. The van der Waals surface area contributed by atoms with Crippen LogP contribution in [0.1, 0.15) is 11.1 Å². The zero-order valence-electron chi connectivity index (χ0n) is 10.4. The summed E-state index contributed by atoms with van der Waals surface area (Å²) in [5.41, 5.74) is 8.01. The van der Waals surface area contributed by atoms with Crippen LogP contribution in [0.2, 0.25) is 0 Å². The molecule has 2 aromatic rings. The molecule has 0 aromatic heterocycles. The van der Waals surface area contributed by atoms with Crippen LogP contribution in [0, 0.1) is 0 Å². The lowest BCUT2D eigenvalue weighted by Gasteiger charge is -1.99. The third-order valence-corrected chi connectivity index (χ3v) is 3.25. The Kier molecular flexibility index (Phi) is 5.19. The summed E-state index contributed by atoms with van der Waals surface area (Å²) in [4.78, 5) is 0. The molecule has 0 atom stereocenters. The summed E-state index contributed by atoms with van der Waals surface area (Å²) in [6.45, 7) is 0. The summed E-state index contributed by atoms with van der Waals surface area (Å²) in [7, 11) is 0. The van der Waals surface area contributed by atoms with Crippen LogP contribution in [0.3, 0.4) is 0 Å². The fourth-order valence-corrected chi connectivity index (χ4v) is 2.06. The van der Waals surface area contributed by atoms with Crippen molar-refractivity contribution < 1.29 is 0 Å². The Hall–Kier alpha value is -2.07. The van der Waals surface area contributed by atoms with Crippen LogP contribution in [0.15, 0.2) is 70.9 Å². The van der Waals surface area contributed by atoms with Gasteiger partial charge in [-0.25, -0.2) is 0 Å². The third-order valence-electron chi connectivity index (χ3n) is 2.39. The van der Waals surface area contributed by atoms with E-state index >= 15 is 0 Å². The van der Waals surface area contributed by atoms with Gasteiger partial charge in [0, 0.05) is 5.75 Å². The van der Waals surface area contributed by atoms with Crippen molar-refractivity contribution in [2.75, 3.05) is 0 Å². The molecule has 0 radical (unpaired) electrons. The predicted molar refractivity (Wildman–Crippen MR) is 83.4 cm³/mol. The minimum absolute atomic E-state index is 0.469. The first-order chi connectivity index (χ1) is 9.34. The highest BCUT2D eigenvalue weighted by atomic mass is 32.2. The highest BCUT2D eigenvalue weighted by molar-refractivity contribution is 8.13. The second kappa shape index (κ2) is 7.38. The number of nitrogens with two attached hydrogens (primary N) is 1. The van der Waals surface area contributed by atoms with Gasteiger partial charge >= 0.3 is 0 Å². The minimum atomic E-state index is 0.469. The molecule has 4 heteroatoms. The highest BCUT2D eigenvalue weighted by Gasteiger charge is 1.95. The zero-order chi connectivity index (χ0) is 13.3. The molecule has 0 saturated heterocycles. The Labute approximate surface area is 117 Å². The standard InChI is InChI=1S/C15H15N3S/c16-15(19-12-14-9-5-2-6-10-14)18-17-11-13-7-3-1-4-8-13/h1-11H,12H2,(H2,16,18). The molecule has 96 valence electrons. The smallest absolute Gasteiger partial charge is 0.180 e. The molecule has 0 bridgehead atoms. The number of benzene rings is 2. The normalized spacial score (nSPS) is 11.9. The third kappa shape index (κ3) is 4.97. The molecule has 0 fully saturated rings. The Balaban J connectivity index is 1.85. The van der Waals surface area contributed by atoms with Crippen molar-refractivity contribution in [3.63, 3.8) is 0 Å². The molecule has 2 N–H and O–H groups in total. The molecular formula is C15H15N3S. The van der Waals surface area contributed by atoms with Gasteiger partial charge in [-0.3, -0.25) is 0 Å². The van der Waals surface area contributed by atoms with Crippen molar-refractivity contribution in [3.8, 4) is 0 Å². The monoisotopic (exact) mass is 269 g/mol. The quantitative estimate of drug-likeness (QED) is 0.526. The number of nitrogens with zero attached hydrogens (tertiary/aromatic N) is 2. The summed E-state index contributed by atoms with van der Waals surface area (Å²) in [5, 5.41) is 8.40. The summed E-state index contributed by atoms with van der Waals surface area (Å²) < 4.78 is 0. The van der Waals surface area contributed by atoms with Gasteiger partial charge in [0.2, 0.25) is 0 Å². The van der Waals surface area contributed by atoms with Crippen molar-refractivity contribution in [1.82, 2.24) is 0 Å². The van der Waals surface area contributed by atoms with Gasteiger partial charge in [0.25, 0.3) is 0 Å². The van der Waals surface area contributed by atoms with Crippen molar-refractivity contribution >= 4 is 23.1 Å². The summed E-state index contributed by atoms with van der Waals surface area (Å²) in [6, 6.07) is 19.9. The lowest BCUT2D eigenvalue weighted by Crippen LogP contribution is -2.05. The predicted octanol–water partition coefficient (Wildman–Crippen LogP) is 3.27. The molecule has 0 aliphatic heterocycles. The topological polar surface area (TPSA) is 50.7 Å². The largest absolute Gasteiger partial charge is 0.377 e. The number of amidine groups is 1. The van der Waals surface area contributed by atoms with E-state index < -0.39 is 0 Å².